The summed E-state index contributed by atoms with van der Waals surface area (Å²) in [5.74, 6) is 0.490. The van der Waals surface area contributed by atoms with Gasteiger partial charge in [-0.1, -0.05) is 13.8 Å². The van der Waals surface area contributed by atoms with E-state index in [4.69, 9.17) is 6.57 Å². The Morgan fingerprint density at radius 1 is 1.60 bits per heavy atom. The number of rotatable bonds is 1. The van der Waals surface area contributed by atoms with Gasteiger partial charge in [-0.3, -0.25) is 0 Å². The quantitative estimate of drug-likeness (QED) is 0.542. The highest BCUT2D eigenvalue weighted by atomic mass is 32.1. The Morgan fingerprint density at radius 2 is 2.30 bits per heavy atom. The van der Waals surface area contributed by atoms with E-state index in [-0.39, 0.29) is 0 Å². The Labute approximate surface area is 65.1 Å². The maximum absolute atomic E-state index is 6.83. The van der Waals surface area contributed by atoms with Gasteiger partial charge in [0.05, 0.1) is 6.57 Å². The topological polar surface area (TPSA) is 4.36 Å². The Hall–Kier alpha value is -0.810. The number of hydrogen-bond acceptors (Lipinski definition) is 1. The van der Waals surface area contributed by atoms with E-state index in [9.17, 15) is 0 Å². The van der Waals surface area contributed by atoms with Gasteiger partial charge in [-0.15, -0.1) is 0 Å². The van der Waals surface area contributed by atoms with Gasteiger partial charge in [0.1, 0.15) is 0 Å². The van der Waals surface area contributed by atoms with Crippen molar-refractivity contribution in [3.8, 4) is 0 Å². The molecule has 0 N–H and O–H groups in total. The van der Waals surface area contributed by atoms with Crippen molar-refractivity contribution in [1.82, 2.24) is 0 Å². The molecule has 0 bridgehead atoms. The Balaban J connectivity index is 3.05. The van der Waals surface area contributed by atoms with Crippen LogP contribution in [0.2, 0.25) is 0 Å². The molecular formula is C8H9NS. The minimum atomic E-state index is 0.490. The smallest absolute Gasteiger partial charge is 0.201 e. The molecule has 0 spiro atoms. The van der Waals surface area contributed by atoms with Crippen molar-refractivity contribution >= 4 is 17.0 Å². The lowest BCUT2D eigenvalue weighted by molar-refractivity contribution is 0.893. The van der Waals surface area contributed by atoms with Gasteiger partial charge in [-0.05, 0) is 17.4 Å². The van der Waals surface area contributed by atoms with Gasteiger partial charge in [-0.25, -0.2) is 4.85 Å². The van der Waals surface area contributed by atoms with E-state index >= 15 is 0 Å². The van der Waals surface area contributed by atoms with Gasteiger partial charge >= 0.3 is 0 Å². The second-order valence-electron chi connectivity index (χ2n) is 2.44. The maximum Gasteiger partial charge on any atom is 0.201 e. The first-order valence-corrected chi connectivity index (χ1v) is 4.08. The molecule has 0 saturated heterocycles. The summed E-state index contributed by atoms with van der Waals surface area (Å²) < 4.78 is 0. The lowest BCUT2D eigenvalue weighted by Gasteiger charge is -1.99. The van der Waals surface area contributed by atoms with Crippen molar-refractivity contribution in [2.24, 2.45) is 0 Å². The Bertz CT molecular complexity index is 254. The molecule has 1 aromatic heterocycles. The summed E-state index contributed by atoms with van der Waals surface area (Å²) in [5, 5.41) is 1.97. The normalized spacial score (nSPS) is 9.80. The van der Waals surface area contributed by atoms with Gasteiger partial charge in [-0.2, -0.15) is 11.3 Å². The van der Waals surface area contributed by atoms with Gasteiger partial charge in [0, 0.05) is 4.88 Å². The predicted octanol–water partition coefficient (Wildman–Crippen LogP) is 3.42. The summed E-state index contributed by atoms with van der Waals surface area (Å²) in [4.78, 5) is 4.62. The fourth-order valence-electron chi connectivity index (χ4n) is 0.838. The fourth-order valence-corrected chi connectivity index (χ4v) is 1.69. The van der Waals surface area contributed by atoms with Crippen LogP contribution in [0.5, 0.6) is 0 Å². The summed E-state index contributed by atoms with van der Waals surface area (Å²) in [6, 6.07) is 1.88. The van der Waals surface area contributed by atoms with Crippen LogP contribution < -0.4 is 0 Å². The molecule has 0 aromatic carbocycles. The molecule has 0 aliphatic heterocycles. The van der Waals surface area contributed by atoms with E-state index in [1.165, 1.54) is 4.88 Å². The third kappa shape index (κ3) is 1.19. The molecule has 0 radical (unpaired) electrons. The Morgan fingerprint density at radius 3 is 2.70 bits per heavy atom. The molecule has 2 heteroatoms. The first kappa shape index (κ1) is 7.30. The van der Waals surface area contributed by atoms with E-state index in [2.05, 4.69) is 18.7 Å². The van der Waals surface area contributed by atoms with Crippen LogP contribution in [0.15, 0.2) is 11.4 Å². The van der Waals surface area contributed by atoms with Crippen molar-refractivity contribution in [3.63, 3.8) is 0 Å². The Kier molecular flexibility index (Phi) is 2.08. The van der Waals surface area contributed by atoms with Crippen molar-refractivity contribution in [1.29, 1.82) is 0 Å². The molecule has 0 fully saturated rings. The number of thiophene rings is 1. The summed E-state index contributed by atoms with van der Waals surface area (Å²) in [7, 11) is 0. The zero-order valence-corrected chi connectivity index (χ0v) is 6.90. The van der Waals surface area contributed by atoms with Crippen LogP contribution in [0.4, 0.5) is 5.69 Å². The van der Waals surface area contributed by atoms with Gasteiger partial charge < -0.3 is 0 Å². The zero-order valence-electron chi connectivity index (χ0n) is 6.09. The van der Waals surface area contributed by atoms with Crippen molar-refractivity contribution < 1.29 is 0 Å². The third-order valence-corrected chi connectivity index (χ3v) is 2.52. The summed E-state index contributed by atoms with van der Waals surface area (Å²) in [6.07, 6.45) is 0. The fraction of sp³-hybridized carbons (Fsp3) is 0.375. The SMILES string of the molecule is [C-]#[N+]c1ccsc1C(C)C. The van der Waals surface area contributed by atoms with E-state index in [0.29, 0.717) is 5.92 Å². The molecule has 1 rings (SSSR count). The average molecular weight is 151 g/mol. The van der Waals surface area contributed by atoms with Crippen LogP contribution in [0.1, 0.15) is 24.6 Å². The lowest BCUT2D eigenvalue weighted by atomic mass is 10.1. The highest BCUT2D eigenvalue weighted by Gasteiger charge is 2.06. The molecule has 0 unspecified atom stereocenters. The maximum atomic E-state index is 6.83. The van der Waals surface area contributed by atoms with Crippen molar-refractivity contribution in [3.05, 3.63) is 27.7 Å². The monoisotopic (exact) mass is 151 g/mol. The second-order valence-corrected chi connectivity index (χ2v) is 3.38. The molecule has 10 heavy (non-hydrogen) atoms. The van der Waals surface area contributed by atoms with Gasteiger partial charge in [0.2, 0.25) is 5.69 Å². The van der Waals surface area contributed by atoms with Crippen LogP contribution in [-0.2, 0) is 0 Å². The summed E-state index contributed by atoms with van der Waals surface area (Å²) in [6.45, 7) is 11.0. The first-order chi connectivity index (χ1) is 4.75. The van der Waals surface area contributed by atoms with E-state index in [1.807, 2.05) is 11.4 Å². The van der Waals surface area contributed by atoms with Crippen molar-refractivity contribution in [2.75, 3.05) is 0 Å². The predicted molar refractivity (Wildman–Crippen MR) is 44.7 cm³/mol. The molecule has 52 valence electrons. The summed E-state index contributed by atoms with van der Waals surface area (Å²) >= 11 is 1.67. The summed E-state index contributed by atoms with van der Waals surface area (Å²) in [5.41, 5.74) is 0.819. The molecule has 0 saturated carbocycles. The van der Waals surface area contributed by atoms with Gasteiger partial charge in [0.15, 0.2) is 0 Å². The standard InChI is InChI=1S/C8H9NS/c1-6(2)8-7(9-3)4-5-10-8/h4-6H,1-2H3. The first-order valence-electron chi connectivity index (χ1n) is 3.20. The van der Waals surface area contributed by atoms with Crippen LogP contribution in [0, 0.1) is 6.57 Å². The van der Waals surface area contributed by atoms with Crippen LogP contribution in [0.25, 0.3) is 4.85 Å². The molecule has 1 aromatic rings. The lowest BCUT2D eigenvalue weighted by Crippen LogP contribution is -1.78. The van der Waals surface area contributed by atoms with Crippen LogP contribution in [-0.4, -0.2) is 0 Å². The minimum absolute atomic E-state index is 0.490. The van der Waals surface area contributed by atoms with E-state index < -0.39 is 0 Å². The van der Waals surface area contributed by atoms with Crippen LogP contribution >= 0.6 is 11.3 Å². The van der Waals surface area contributed by atoms with Gasteiger partial charge in [0.25, 0.3) is 0 Å². The molecular weight excluding hydrogens is 142 g/mol. The largest absolute Gasteiger partial charge is 0.237 e. The average Bonchev–Trinajstić information content (AvgIpc) is 2.33. The van der Waals surface area contributed by atoms with E-state index in [1.54, 1.807) is 11.3 Å². The molecule has 1 heterocycles. The molecule has 0 atom stereocenters. The zero-order chi connectivity index (χ0) is 7.56. The number of nitrogens with zero attached hydrogens (tertiary/aromatic N) is 1. The number of hydrogen-bond donors (Lipinski definition) is 0. The highest BCUT2D eigenvalue weighted by Crippen LogP contribution is 2.31. The van der Waals surface area contributed by atoms with Crippen LogP contribution in [0.3, 0.4) is 0 Å². The molecule has 0 aliphatic carbocycles. The molecule has 0 aliphatic rings. The van der Waals surface area contributed by atoms with Crippen molar-refractivity contribution in [2.45, 2.75) is 19.8 Å². The highest BCUT2D eigenvalue weighted by molar-refractivity contribution is 7.10. The second kappa shape index (κ2) is 2.85. The van der Waals surface area contributed by atoms with E-state index in [0.717, 1.165) is 5.69 Å². The minimum Gasteiger partial charge on any atom is -0.237 e. The molecule has 1 nitrogen and oxygen atoms in total. The third-order valence-electron chi connectivity index (χ3n) is 1.32. The molecule has 0 amide bonds.